The van der Waals surface area contributed by atoms with Crippen LogP contribution in [0.2, 0.25) is 0 Å². The average Bonchev–Trinajstić information content (AvgIpc) is 2.83. The predicted octanol–water partition coefficient (Wildman–Crippen LogP) is 7.33. The van der Waals surface area contributed by atoms with Crippen LogP contribution in [-0.2, 0) is 0 Å². The summed E-state index contributed by atoms with van der Waals surface area (Å²) in [5.41, 5.74) is 1.77. The Hall–Kier alpha value is -2.78. The second kappa shape index (κ2) is 16.9. The Balaban J connectivity index is 1.71. The maximum absolute atomic E-state index is 5.82. The van der Waals surface area contributed by atoms with E-state index in [4.69, 9.17) is 4.74 Å². The molecule has 0 unspecified atom stereocenters. The van der Waals surface area contributed by atoms with Crippen LogP contribution in [0.4, 0.5) is 0 Å². The number of hydrogen-bond donors (Lipinski definition) is 0. The predicted molar refractivity (Wildman–Crippen MR) is 134 cm³/mol. The van der Waals surface area contributed by atoms with E-state index in [1.54, 1.807) is 12.4 Å². The van der Waals surface area contributed by atoms with Crippen LogP contribution in [0, 0.1) is 23.7 Å². The first-order valence-corrected chi connectivity index (χ1v) is 12.4. The molecule has 0 spiro atoms. The second-order valence-corrected chi connectivity index (χ2v) is 8.15. The highest BCUT2D eigenvalue weighted by Crippen LogP contribution is 2.13. The van der Waals surface area contributed by atoms with Gasteiger partial charge in [-0.1, -0.05) is 89.4 Å². The standard InChI is InChI=1S/C29H38N2O/c1-3-5-7-9-11-12-14-16-27-24-30-29(31-25-27)22-19-26-17-20-28(21-18-26)32-23-15-13-10-8-6-4-2/h17-18,20-21,24-25H,3-13,15,23H2,1-2H3. The molecule has 0 atom stereocenters. The first kappa shape index (κ1) is 25.5. The van der Waals surface area contributed by atoms with E-state index in [0.717, 1.165) is 36.3 Å². The molecule has 0 saturated heterocycles. The van der Waals surface area contributed by atoms with Crippen LogP contribution >= 0.6 is 0 Å². The third kappa shape index (κ3) is 11.6. The van der Waals surface area contributed by atoms with E-state index in [9.17, 15) is 0 Å². The van der Waals surface area contributed by atoms with Crippen molar-refractivity contribution in [3.05, 3.63) is 53.6 Å². The van der Waals surface area contributed by atoms with Gasteiger partial charge in [0.05, 0.1) is 12.2 Å². The zero-order valence-electron chi connectivity index (χ0n) is 20.0. The minimum Gasteiger partial charge on any atom is -0.494 e. The van der Waals surface area contributed by atoms with Gasteiger partial charge in [-0.15, -0.1) is 0 Å². The molecule has 0 fully saturated rings. The number of nitrogens with zero attached hydrogens (tertiary/aromatic N) is 2. The number of rotatable bonds is 13. The van der Waals surface area contributed by atoms with Gasteiger partial charge < -0.3 is 4.74 Å². The molecular formula is C29H38N2O. The van der Waals surface area contributed by atoms with Gasteiger partial charge in [-0.05, 0) is 43.0 Å². The van der Waals surface area contributed by atoms with Crippen molar-refractivity contribution in [3.63, 3.8) is 0 Å². The van der Waals surface area contributed by atoms with E-state index < -0.39 is 0 Å². The van der Waals surface area contributed by atoms with Gasteiger partial charge in [0.15, 0.2) is 0 Å². The number of unbranched alkanes of at least 4 members (excludes halogenated alkanes) is 10. The molecule has 1 heterocycles. The third-order valence-corrected chi connectivity index (χ3v) is 5.23. The highest BCUT2D eigenvalue weighted by molar-refractivity contribution is 5.41. The molecule has 3 heteroatoms. The molecule has 1 aromatic heterocycles. The monoisotopic (exact) mass is 430 g/mol. The smallest absolute Gasteiger partial charge is 0.205 e. The lowest BCUT2D eigenvalue weighted by Gasteiger charge is -2.06. The van der Waals surface area contributed by atoms with Crippen LogP contribution in [-0.4, -0.2) is 16.6 Å². The summed E-state index contributed by atoms with van der Waals surface area (Å²) < 4.78 is 5.82. The van der Waals surface area contributed by atoms with E-state index >= 15 is 0 Å². The summed E-state index contributed by atoms with van der Waals surface area (Å²) in [5, 5.41) is 0. The lowest BCUT2D eigenvalue weighted by Crippen LogP contribution is -1.97. The molecule has 0 saturated carbocycles. The van der Waals surface area contributed by atoms with Crippen molar-refractivity contribution in [2.24, 2.45) is 0 Å². The van der Waals surface area contributed by atoms with E-state index in [0.29, 0.717) is 5.82 Å². The lowest BCUT2D eigenvalue weighted by atomic mass is 10.1. The Morgan fingerprint density at radius 2 is 1.28 bits per heavy atom. The maximum atomic E-state index is 5.82. The first-order chi connectivity index (χ1) is 15.8. The van der Waals surface area contributed by atoms with E-state index in [1.807, 2.05) is 24.3 Å². The summed E-state index contributed by atoms with van der Waals surface area (Å²) in [6, 6.07) is 7.90. The molecule has 0 radical (unpaired) electrons. The molecule has 2 aromatic rings. The molecule has 0 amide bonds. The number of benzene rings is 1. The molecule has 3 nitrogen and oxygen atoms in total. The quantitative estimate of drug-likeness (QED) is 0.246. The van der Waals surface area contributed by atoms with Crippen LogP contribution in [0.3, 0.4) is 0 Å². The molecule has 0 aliphatic heterocycles. The zero-order valence-corrected chi connectivity index (χ0v) is 20.0. The van der Waals surface area contributed by atoms with Crippen molar-refractivity contribution in [1.82, 2.24) is 9.97 Å². The zero-order chi connectivity index (χ0) is 22.7. The molecular weight excluding hydrogens is 392 g/mol. The largest absolute Gasteiger partial charge is 0.494 e. The minimum atomic E-state index is 0.513. The van der Waals surface area contributed by atoms with Crippen LogP contribution in [0.25, 0.3) is 0 Å². The summed E-state index contributed by atoms with van der Waals surface area (Å²) in [5.74, 6) is 13.9. The second-order valence-electron chi connectivity index (χ2n) is 8.15. The van der Waals surface area contributed by atoms with Crippen molar-refractivity contribution in [3.8, 4) is 29.4 Å². The Morgan fingerprint density at radius 1 is 0.656 bits per heavy atom. The fourth-order valence-electron chi connectivity index (χ4n) is 3.27. The highest BCUT2D eigenvalue weighted by Gasteiger charge is 1.96. The molecule has 2 rings (SSSR count). The average molecular weight is 431 g/mol. The van der Waals surface area contributed by atoms with Crippen LogP contribution in [0.15, 0.2) is 36.7 Å². The Labute approximate surface area is 195 Å². The summed E-state index contributed by atoms with van der Waals surface area (Å²) in [4.78, 5) is 8.63. The minimum absolute atomic E-state index is 0.513. The number of ether oxygens (including phenoxy) is 1. The van der Waals surface area contributed by atoms with Gasteiger partial charge in [-0.2, -0.15) is 0 Å². The van der Waals surface area contributed by atoms with Crippen LogP contribution < -0.4 is 4.74 Å². The van der Waals surface area contributed by atoms with Gasteiger partial charge in [0.1, 0.15) is 5.75 Å². The fourth-order valence-corrected chi connectivity index (χ4v) is 3.27. The Morgan fingerprint density at radius 3 is 1.97 bits per heavy atom. The van der Waals surface area contributed by atoms with Gasteiger partial charge in [0, 0.05) is 24.4 Å². The summed E-state index contributed by atoms with van der Waals surface area (Å²) in [6.07, 6.45) is 18.4. The van der Waals surface area contributed by atoms with Gasteiger partial charge in [-0.25, -0.2) is 9.97 Å². The summed E-state index contributed by atoms with van der Waals surface area (Å²) in [6.45, 7) is 5.25. The van der Waals surface area contributed by atoms with Gasteiger partial charge in [-0.3, -0.25) is 0 Å². The molecule has 1 aromatic carbocycles. The summed E-state index contributed by atoms with van der Waals surface area (Å²) in [7, 11) is 0. The van der Waals surface area contributed by atoms with Crippen molar-refractivity contribution >= 4 is 0 Å². The van der Waals surface area contributed by atoms with Gasteiger partial charge >= 0.3 is 0 Å². The lowest BCUT2D eigenvalue weighted by molar-refractivity contribution is 0.304. The fraction of sp³-hybridized carbons (Fsp3) is 0.517. The molecule has 0 aliphatic carbocycles. The van der Waals surface area contributed by atoms with Crippen LogP contribution in [0.5, 0.6) is 5.75 Å². The summed E-state index contributed by atoms with van der Waals surface area (Å²) >= 11 is 0. The number of aromatic nitrogens is 2. The van der Waals surface area contributed by atoms with Gasteiger partial charge in [0.2, 0.25) is 5.82 Å². The molecule has 0 N–H and O–H groups in total. The first-order valence-electron chi connectivity index (χ1n) is 12.4. The molecule has 0 aliphatic rings. The Bertz CT molecular complexity index is 864. The van der Waals surface area contributed by atoms with Crippen molar-refractivity contribution in [1.29, 1.82) is 0 Å². The van der Waals surface area contributed by atoms with Crippen LogP contribution in [0.1, 0.15) is 108 Å². The topological polar surface area (TPSA) is 35.0 Å². The normalized spacial score (nSPS) is 10.1. The molecule has 0 bridgehead atoms. The van der Waals surface area contributed by atoms with Crippen molar-refractivity contribution < 1.29 is 4.74 Å². The van der Waals surface area contributed by atoms with Crippen molar-refractivity contribution in [2.45, 2.75) is 90.9 Å². The Kier molecular flexibility index (Phi) is 13.4. The third-order valence-electron chi connectivity index (χ3n) is 5.23. The molecule has 32 heavy (non-hydrogen) atoms. The SMILES string of the molecule is CCCCCCCC#Cc1cnc(C#Cc2ccc(OCCCCCCCC)cc2)nc1. The van der Waals surface area contributed by atoms with E-state index in [1.165, 1.54) is 64.2 Å². The molecule has 170 valence electrons. The van der Waals surface area contributed by atoms with Crippen molar-refractivity contribution in [2.75, 3.05) is 6.61 Å². The van der Waals surface area contributed by atoms with Gasteiger partial charge in [0.25, 0.3) is 0 Å². The van der Waals surface area contributed by atoms with E-state index in [-0.39, 0.29) is 0 Å². The highest BCUT2D eigenvalue weighted by atomic mass is 16.5. The maximum Gasteiger partial charge on any atom is 0.205 e. The number of hydrogen-bond acceptors (Lipinski definition) is 3. The van der Waals surface area contributed by atoms with E-state index in [2.05, 4.69) is 47.5 Å².